The fraction of sp³-hybridized carbons (Fsp3) is 0.391. The van der Waals surface area contributed by atoms with Gasteiger partial charge in [-0.1, -0.05) is 29.8 Å². The quantitative estimate of drug-likeness (QED) is 0.627. The predicted octanol–water partition coefficient (Wildman–Crippen LogP) is 5.71. The van der Waals surface area contributed by atoms with Crippen LogP contribution >= 0.6 is 11.6 Å². The van der Waals surface area contributed by atoms with Gasteiger partial charge in [-0.25, -0.2) is 0 Å². The highest BCUT2D eigenvalue weighted by molar-refractivity contribution is 6.33. The molecular formula is C23H23ClF3N3O. The highest BCUT2D eigenvalue weighted by Crippen LogP contribution is 2.32. The van der Waals surface area contributed by atoms with Crippen LogP contribution in [-0.2, 0) is 12.6 Å². The fourth-order valence-electron chi connectivity index (χ4n) is 4.14. The van der Waals surface area contributed by atoms with E-state index in [-0.39, 0.29) is 16.6 Å². The molecule has 4 rings (SSSR count). The number of hydrogen-bond acceptors (Lipinski definition) is 2. The molecule has 1 saturated carbocycles. The Balaban J connectivity index is 1.28. The molecule has 4 nitrogen and oxygen atoms in total. The Labute approximate surface area is 183 Å². The number of carbonyl (C=O) groups is 1. The van der Waals surface area contributed by atoms with Gasteiger partial charge in [-0.05, 0) is 61.4 Å². The second-order valence-corrected chi connectivity index (χ2v) is 8.54. The molecule has 0 radical (unpaired) electrons. The van der Waals surface area contributed by atoms with Gasteiger partial charge in [-0.3, -0.25) is 9.79 Å². The minimum atomic E-state index is -4.52. The fourth-order valence-corrected chi connectivity index (χ4v) is 4.34. The molecule has 8 heteroatoms. The van der Waals surface area contributed by atoms with Gasteiger partial charge >= 0.3 is 6.18 Å². The molecule has 1 heterocycles. The summed E-state index contributed by atoms with van der Waals surface area (Å²) >= 11 is 5.97. The van der Waals surface area contributed by atoms with Gasteiger partial charge in [0.1, 0.15) is 5.84 Å². The van der Waals surface area contributed by atoms with E-state index in [1.165, 1.54) is 5.56 Å². The molecule has 2 aromatic carbocycles. The van der Waals surface area contributed by atoms with Crippen molar-refractivity contribution in [3.8, 4) is 0 Å². The molecule has 0 unspecified atom stereocenters. The zero-order valence-electron chi connectivity index (χ0n) is 16.8. The van der Waals surface area contributed by atoms with Crippen molar-refractivity contribution in [1.82, 2.24) is 5.32 Å². The first-order valence-corrected chi connectivity index (χ1v) is 10.7. The van der Waals surface area contributed by atoms with Crippen molar-refractivity contribution in [1.29, 1.82) is 0 Å². The van der Waals surface area contributed by atoms with Crippen LogP contribution in [0.25, 0.3) is 0 Å². The first kappa shape index (κ1) is 21.7. The number of amides is 1. The highest BCUT2D eigenvalue weighted by atomic mass is 35.5. The lowest BCUT2D eigenvalue weighted by molar-refractivity contribution is -0.137. The normalized spacial score (nSPS) is 22.1. The Kier molecular flexibility index (Phi) is 6.23. The summed E-state index contributed by atoms with van der Waals surface area (Å²) in [5.74, 6) is 0.854. The molecule has 1 fully saturated rings. The van der Waals surface area contributed by atoms with E-state index in [2.05, 4.69) is 16.7 Å². The number of halogens is 4. The van der Waals surface area contributed by atoms with Gasteiger partial charge in [0.2, 0.25) is 0 Å². The van der Waals surface area contributed by atoms with E-state index in [9.17, 15) is 18.0 Å². The standard InChI is InChI=1S/C23H23ClF3N3O/c24-19-10-7-16(23(25,26)27)12-18(19)22(31)29-17-8-5-14(6-9-17)13-28-21-11-15-3-1-2-4-20(15)30-21/h1-4,7,10,12,14,17H,5-6,8-9,11,13H2,(H,28,30)(H,29,31). The monoisotopic (exact) mass is 449 g/mol. The zero-order valence-corrected chi connectivity index (χ0v) is 17.6. The largest absolute Gasteiger partial charge is 0.416 e. The van der Waals surface area contributed by atoms with Crippen LogP contribution in [0.5, 0.6) is 0 Å². The molecule has 0 saturated heterocycles. The summed E-state index contributed by atoms with van der Waals surface area (Å²) < 4.78 is 38.8. The Morgan fingerprint density at radius 3 is 2.58 bits per heavy atom. The van der Waals surface area contributed by atoms with Crippen LogP contribution in [0.2, 0.25) is 5.02 Å². The number of anilines is 1. The van der Waals surface area contributed by atoms with Crippen LogP contribution in [-0.4, -0.2) is 24.3 Å². The number of hydrogen-bond donors (Lipinski definition) is 2. The Bertz CT molecular complexity index is 971. The number of benzene rings is 2. The molecule has 1 aliphatic carbocycles. The molecule has 2 N–H and O–H groups in total. The van der Waals surface area contributed by atoms with Crippen molar-refractivity contribution in [2.75, 3.05) is 11.9 Å². The first-order valence-electron chi connectivity index (χ1n) is 10.4. The average Bonchev–Trinajstić information content (AvgIpc) is 3.15. The van der Waals surface area contributed by atoms with Gasteiger partial charge in [0, 0.05) is 24.7 Å². The van der Waals surface area contributed by atoms with Gasteiger partial charge in [0.05, 0.1) is 16.1 Å². The Hall–Kier alpha value is -2.54. The summed E-state index contributed by atoms with van der Waals surface area (Å²) in [5.41, 5.74) is 1.34. The maximum atomic E-state index is 12.9. The van der Waals surface area contributed by atoms with E-state index < -0.39 is 17.6 Å². The SMILES string of the molecule is O=C(NC1CCC(CN=C2Cc3ccccc3N2)CC1)c1cc(C(F)(F)F)ccc1Cl. The summed E-state index contributed by atoms with van der Waals surface area (Å²) in [6, 6.07) is 10.9. The Morgan fingerprint density at radius 2 is 1.87 bits per heavy atom. The third kappa shape index (κ3) is 5.21. The highest BCUT2D eigenvalue weighted by Gasteiger charge is 2.32. The lowest BCUT2D eigenvalue weighted by Crippen LogP contribution is -2.38. The first-order chi connectivity index (χ1) is 14.8. The molecule has 0 aromatic heterocycles. The molecule has 0 bridgehead atoms. The van der Waals surface area contributed by atoms with Crippen LogP contribution in [0, 0.1) is 5.92 Å². The summed E-state index contributed by atoms with van der Waals surface area (Å²) in [4.78, 5) is 17.2. The molecule has 1 aliphatic heterocycles. The third-order valence-corrected chi connectivity index (χ3v) is 6.24. The van der Waals surface area contributed by atoms with Crippen LogP contribution in [0.1, 0.15) is 47.2 Å². The van der Waals surface area contributed by atoms with Crippen molar-refractivity contribution in [3.63, 3.8) is 0 Å². The van der Waals surface area contributed by atoms with Crippen LogP contribution in [0.15, 0.2) is 47.5 Å². The molecule has 164 valence electrons. The second kappa shape index (κ2) is 8.91. The minimum absolute atomic E-state index is 0.0140. The van der Waals surface area contributed by atoms with Crippen molar-refractivity contribution in [2.45, 2.75) is 44.3 Å². The lowest BCUT2D eigenvalue weighted by atomic mass is 9.86. The number of para-hydroxylation sites is 1. The van der Waals surface area contributed by atoms with Crippen molar-refractivity contribution >= 4 is 29.0 Å². The molecule has 1 amide bonds. The molecule has 0 spiro atoms. The maximum Gasteiger partial charge on any atom is 0.416 e. The zero-order chi connectivity index (χ0) is 22.0. The summed E-state index contributed by atoms with van der Waals surface area (Å²) in [6.45, 7) is 0.733. The van der Waals surface area contributed by atoms with E-state index in [0.29, 0.717) is 5.92 Å². The van der Waals surface area contributed by atoms with Gasteiger partial charge in [-0.15, -0.1) is 0 Å². The maximum absolute atomic E-state index is 12.9. The number of nitrogens with zero attached hydrogens (tertiary/aromatic N) is 1. The number of amidine groups is 1. The number of rotatable bonds is 4. The average molecular weight is 450 g/mol. The number of nitrogens with one attached hydrogen (secondary N) is 2. The summed E-state index contributed by atoms with van der Waals surface area (Å²) in [6.07, 6.45) is -0.346. The van der Waals surface area contributed by atoms with Crippen molar-refractivity contribution in [2.24, 2.45) is 10.9 Å². The topological polar surface area (TPSA) is 53.5 Å². The minimum Gasteiger partial charge on any atom is -0.349 e. The van der Waals surface area contributed by atoms with Gasteiger partial charge < -0.3 is 10.6 Å². The molecule has 31 heavy (non-hydrogen) atoms. The van der Waals surface area contributed by atoms with Gasteiger partial charge in [0.25, 0.3) is 5.91 Å². The van der Waals surface area contributed by atoms with E-state index in [1.54, 1.807) is 0 Å². The molecule has 2 aliphatic rings. The Morgan fingerprint density at radius 1 is 1.13 bits per heavy atom. The van der Waals surface area contributed by atoms with Crippen LogP contribution in [0.4, 0.5) is 18.9 Å². The molecular weight excluding hydrogens is 427 g/mol. The smallest absolute Gasteiger partial charge is 0.349 e. The van der Waals surface area contributed by atoms with Crippen LogP contribution in [0.3, 0.4) is 0 Å². The number of carbonyl (C=O) groups excluding carboxylic acids is 1. The van der Waals surface area contributed by atoms with Gasteiger partial charge in [0.15, 0.2) is 0 Å². The van der Waals surface area contributed by atoms with E-state index in [4.69, 9.17) is 16.6 Å². The van der Waals surface area contributed by atoms with Gasteiger partial charge in [-0.2, -0.15) is 13.2 Å². The lowest BCUT2D eigenvalue weighted by Gasteiger charge is -2.28. The molecule has 2 aromatic rings. The van der Waals surface area contributed by atoms with E-state index >= 15 is 0 Å². The third-order valence-electron chi connectivity index (χ3n) is 5.91. The number of aliphatic imine (C=N–C) groups is 1. The predicted molar refractivity (Wildman–Crippen MR) is 116 cm³/mol. The second-order valence-electron chi connectivity index (χ2n) is 8.13. The van der Waals surface area contributed by atoms with E-state index in [1.807, 2.05) is 18.2 Å². The van der Waals surface area contributed by atoms with E-state index in [0.717, 1.165) is 68.4 Å². The summed E-state index contributed by atoms with van der Waals surface area (Å²) in [5, 5.41) is 6.21. The number of alkyl halides is 3. The number of fused-ring (bicyclic) bond motifs is 1. The molecule has 0 atom stereocenters. The summed E-state index contributed by atoms with van der Waals surface area (Å²) in [7, 11) is 0. The van der Waals surface area contributed by atoms with Crippen LogP contribution < -0.4 is 10.6 Å². The van der Waals surface area contributed by atoms with Crippen molar-refractivity contribution < 1.29 is 18.0 Å². The van der Waals surface area contributed by atoms with Crippen molar-refractivity contribution in [3.05, 3.63) is 64.2 Å².